The fraction of sp³-hybridized carbons (Fsp3) is 0.294. The van der Waals surface area contributed by atoms with E-state index in [-0.39, 0.29) is 18.0 Å². The first-order valence-corrected chi connectivity index (χ1v) is 7.79. The summed E-state index contributed by atoms with van der Waals surface area (Å²) in [5.74, 6) is -0.276. The molecular formula is C17H19N3O5. The SMILES string of the molecule is CCCOc1cccn(CC(=O)Nc2cc([N+](=O)[O-])ccc2C)c1=O. The minimum Gasteiger partial charge on any atom is -0.488 e. The van der Waals surface area contributed by atoms with Crippen LogP contribution in [0.1, 0.15) is 18.9 Å². The Labute approximate surface area is 144 Å². The number of pyridine rings is 1. The molecule has 0 spiro atoms. The fourth-order valence-corrected chi connectivity index (χ4v) is 2.16. The molecule has 0 fully saturated rings. The van der Waals surface area contributed by atoms with Crippen LogP contribution in [0.15, 0.2) is 41.3 Å². The normalized spacial score (nSPS) is 10.3. The molecule has 1 N–H and O–H groups in total. The summed E-state index contributed by atoms with van der Waals surface area (Å²) >= 11 is 0. The predicted molar refractivity (Wildman–Crippen MR) is 93.0 cm³/mol. The molecule has 0 atom stereocenters. The van der Waals surface area contributed by atoms with Gasteiger partial charge in [-0.15, -0.1) is 0 Å². The maximum atomic E-state index is 12.2. The summed E-state index contributed by atoms with van der Waals surface area (Å²) in [5.41, 5.74) is 0.506. The van der Waals surface area contributed by atoms with Gasteiger partial charge in [0.15, 0.2) is 5.75 Å². The van der Waals surface area contributed by atoms with E-state index < -0.39 is 16.4 Å². The van der Waals surface area contributed by atoms with Gasteiger partial charge in [-0.05, 0) is 31.0 Å². The summed E-state index contributed by atoms with van der Waals surface area (Å²) in [4.78, 5) is 34.8. The number of nitro groups is 1. The first kappa shape index (κ1) is 18.2. The van der Waals surface area contributed by atoms with E-state index in [2.05, 4.69) is 5.32 Å². The van der Waals surface area contributed by atoms with E-state index in [1.807, 2.05) is 6.92 Å². The Bertz CT molecular complexity index is 844. The lowest BCUT2D eigenvalue weighted by Crippen LogP contribution is -2.28. The summed E-state index contributed by atoms with van der Waals surface area (Å²) in [5, 5.41) is 13.4. The van der Waals surface area contributed by atoms with Gasteiger partial charge < -0.3 is 14.6 Å². The third kappa shape index (κ3) is 4.66. The van der Waals surface area contributed by atoms with Crippen LogP contribution in [0.25, 0.3) is 0 Å². The van der Waals surface area contributed by atoms with Crippen LogP contribution in [0.5, 0.6) is 5.75 Å². The molecule has 1 aromatic carbocycles. The Balaban J connectivity index is 2.15. The highest BCUT2D eigenvalue weighted by molar-refractivity contribution is 5.91. The number of aromatic nitrogens is 1. The van der Waals surface area contributed by atoms with Crippen molar-refractivity contribution in [2.45, 2.75) is 26.8 Å². The number of rotatable bonds is 7. The van der Waals surface area contributed by atoms with E-state index in [4.69, 9.17) is 4.74 Å². The quantitative estimate of drug-likeness (QED) is 0.613. The molecule has 0 radical (unpaired) electrons. The first-order valence-electron chi connectivity index (χ1n) is 7.79. The highest BCUT2D eigenvalue weighted by atomic mass is 16.6. The highest BCUT2D eigenvalue weighted by Crippen LogP contribution is 2.21. The summed E-state index contributed by atoms with van der Waals surface area (Å²) in [6, 6.07) is 7.38. The maximum Gasteiger partial charge on any atom is 0.293 e. The number of non-ortho nitro benzene ring substituents is 1. The minimum absolute atomic E-state index is 0.118. The molecule has 1 aromatic heterocycles. The molecule has 2 aromatic rings. The largest absolute Gasteiger partial charge is 0.488 e. The van der Waals surface area contributed by atoms with E-state index in [1.165, 1.54) is 22.9 Å². The second-order valence-electron chi connectivity index (χ2n) is 5.46. The topological polar surface area (TPSA) is 103 Å². The third-order valence-corrected chi connectivity index (χ3v) is 3.47. The molecule has 8 heteroatoms. The molecule has 1 amide bonds. The van der Waals surface area contributed by atoms with Gasteiger partial charge in [0.2, 0.25) is 5.91 Å². The molecule has 2 rings (SSSR count). The number of ether oxygens (including phenoxy) is 1. The Morgan fingerprint density at radius 1 is 1.36 bits per heavy atom. The highest BCUT2D eigenvalue weighted by Gasteiger charge is 2.13. The molecule has 8 nitrogen and oxygen atoms in total. The molecule has 25 heavy (non-hydrogen) atoms. The van der Waals surface area contributed by atoms with Gasteiger partial charge in [-0.2, -0.15) is 0 Å². The van der Waals surface area contributed by atoms with Gasteiger partial charge in [-0.1, -0.05) is 13.0 Å². The lowest BCUT2D eigenvalue weighted by molar-refractivity contribution is -0.384. The van der Waals surface area contributed by atoms with Crippen LogP contribution < -0.4 is 15.6 Å². The van der Waals surface area contributed by atoms with Gasteiger partial charge in [0.25, 0.3) is 11.2 Å². The summed E-state index contributed by atoms with van der Waals surface area (Å²) < 4.78 is 6.58. The van der Waals surface area contributed by atoms with E-state index in [9.17, 15) is 19.7 Å². The average molecular weight is 345 g/mol. The lowest BCUT2D eigenvalue weighted by atomic mass is 10.2. The van der Waals surface area contributed by atoms with Crippen LogP contribution in [-0.2, 0) is 11.3 Å². The molecule has 0 aliphatic rings. The number of hydrogen-bond acceptors (Lipinski definition) is 5. The van der Waals surface area contributed by atoms with Crippen molar-refractivity contribution in [3.63, 3.8) is 0 Å². The smallest absolute Gasteiger partial charge is 0.293 e. The van der Waals surface area contributed by atoms with Crippen molar-refractivity contribution >= 4 is 17.3 Å². The second kappa shape index (κ2) is 8.09. The van der Waals surface area contributed by atoms with Crippen LogP contribution in [0.2, 0.25) is 0 Å². The number of benzene rings is 1. The summed E-state index contributed by atoms with van der Waals surface area (Å²) in [7, 11) is 0. The molecule has 0 bridgehead atoms. The zero-order valence-electron chi connectivity index (χ0n) is 14.0. The zero-order chi connectivity index (χ0) is 18.4. The van der Waals surface area contributed by atoms with Crippen molar-refractivity contribution < 1.29 is 14.5 Å². The van der Waals surface area contributed by atoms with Gasteiger partial charge in [-0.3, -0.25) is 19.7 Å². The van der Waals surface area contributed by atoms with Crippen molar-refractivity contribution in [2.24, 2.45) is 0 Å². The lowest BCUT2D eigenvalue weighted by Gasteiger charge is -2.11. The molecular weight excluding hydrogens is 326 g/mol. The second-order valence-corrected chi connectivity index (χ2v) is 5.46. The molecule has 0 saturated carbocycles. The van der Waals surface area contributed by atoms with Crippen LogP contribution in [0.4, 0.5) is 11.4 Å². The predicted octanol–water partition coefficient (Wildman–Crippen LogP) is 2.49. The number of nitrogens with one attached hydrogen (secondary N) is 1. The maximum absolute atomic E-state index is 12.2. The number of hydrogen-bond donors (Lipinski definition) is 1. The van der Waals surface area contributed by atoms with Crippen molar-refractivity contribution in [3.8, 4) is 5.75 Å². The first-order chi connectivity index (χ1) is 11.9. The number of aryl methyl sites for hydroxylation is 1. The minimum atomic E-state index is -0.534. The molecule has 0 unspecified atom stereocenters. The molecule has 0 saturated heterocycles. The standard InChI is InChI=1S/C17H19N3O5/c1-3-9-25-15-5-4-8-19(17(15)22)11-16(21)18-14-10-13(20(23)24)7-6-12(14)2/h4-8,10H,3,9,11H2,1-2H3,(H,18,21). The van der Waals surface area contributed by atoms with E-state index >= 15 is 0 Å². The van der Waals surface area contributed by atoms with Gasteiger partial charge in [-0.25, -0.2) is 0 Å². The van der Waals surface area contributed by atoms with E-state index in [0.717, 1.165) is 6.42 Å². The fourth-order valence-electron chi connectivity index (χ4n) is 2.16. The Hall–Kier alpha value is -3.16. The van der Waals surface area contributed by atoms with E-state index in [1.54, 1.807) is 25.1 Å². The molecule has 1 heterocycles. The van der Waals surface area contributed by atoms with Gasteiger partial charge >= 0.3 is 0 Å². The Morgan fingerprint density at radius 2 is 2.12 bits per heavy atom. The molecule has 132 valence electrons. The van der Waals surface area contributed by atoms with Crippen LogP contribution in [0, 0.1) is 17.0 Å². The van der Waals surface area contributed by atoms with Gasteiger partial charge in [0, 0.05) is 18.3 Å². The van der Waals surface area contributed by atoms with Crippen molar-refractivity contribution in [1.29, 1.82) is 0 Å². The summed E-state index contributed by atoms with van der Waals surface area (Å²) in [6.45, 7) is 3.85. The van der Waals surface area contributed by atoms with Gasteiger partial charge in [0.1, 0.15) is 6.54 Å². The number of nitro benzene ring substituents is 1. The van der Waals surface area contributed by atoms with Crippen molar-refractivity contribution in [3.05, 3.63) is 62.6 Å². The van der Waals surface area contributed by atoms with E-state index in [0.29, 0.717) is 17.9 Å². The number of anilines is 1. The number of carbonyl (C=O) groups excluding carboxylic acids is 1. The van der Waals surface area contributed by atoms with Crippen LogP contribution >= 0.6 is 0 Å². The Kier molecular flexibility index (Phi) is 5.89. The molecule has 0 aliphatic carbocycles. The number of amides is 1. The monoisotopic (exact) mass is 345 g/mol. The van der Waals surface area contributed by atoms with Gasteiger partial charge in [0.05, 0.1) is 17.2 Å². The number of nitrogens with zero attached hydrogens (tertiary/aromatic N) is 2. The van der Waals surface area contributed by atoms with Crippen LogP contribution in [-0.4, -0.2) is 22.0 Å². The van der Waals surface area contributed by atoms with Crippen molar-refractivity contribution in [1.82, 2.24) is 4.57 Å². The molecule has 0 aliphatic heterocycles. The average Bonchev–Trinajstić information content (AvgIpc) is 2.57. The zero-order valence-corrected chi connectivity index (χ0v) is 14.0. The third-order valence-electron chi connectivity index (χ3n) is 3.47. The Morgan fingerprint density at radius 3 is 2.80 bits per heavy atom. The van der Waals surface area contributed by atoms with Crippen molar-refractivity contribution in [2.75, 3.05) is 11.9 Å². The summed E-state index contributed by atoms with van der Waals surface area (Å²) in [6.07, 6.45) is 2.25. The van der Waals surface area contributed by atoms with Crippen LogP contribution in [0.3, 0.4) is 0 Å². The number of carbonyl (C=O) groups is 1.